The lowest BCUT2D eigenvalue weighted by molar-refractivity contribution is 0.441. The fourth-order valence-corrected chi connectivity index (χ4v) is 2.69. The van der Waals surface area contributed by atoms with Gasteiger partial charge in [-0.15, -0.1) is 0 Å². The molecule has 2 aromatic rings. The summed E-state index contributed by atoms with van der Waals surface area (Å²) < 4.78 is 15.3. The van der Waals surface area contributed by atoms with Crippen LogP contribution in [0.3, 0.4) is 0 Å². The van der Waals surface area contributed by atoms with Crippen molar-refractivity contribution in [2.75, 3.05) is 0 Å². The first-order valence-corrected chi connectivity index (χ1v) is 7.52. The van der Waals surface area contributed by atoms with Gasteiger partial charge in [0, 0.05) is 24.2 Å². The highest BCUT2D eigenvalue weighted by atomic mass is 19.1. The van der Waals surface area contributed by atoms with Gasteiger partial charge in [0.05, 0.1) is 5.69 Å². The van der Waals surface area contributed by atoms with Crippen molar-refractivity contribution in [1.29, 1.82) is 0 Å². The van der Waals surface area contributed by atoms with Crippen LogP contribution < -0.4 is 5.73 Å². The van der Waals surface area contributed by atoms with Crippen LogP contribution in [0, 0.1) is 5.82 Å². The third kappa shape index (κ3) is 4.14. The molecule has 1 aromatic carbocycles. The number of halogens is 1. The maximum Gasteiger partial charge on any atom is 0.123 e. The van der Waals surface area contributed by atoms with Crippen LogP contribution in [0.4, 0.5) is 4.39 Å². The van der Waals surface area contributed by atoms with E-state index in [2.05, 4.69) is 25.0 Å². The number of hydrogen-bond donors (Lipinski definition) is 1. The Bertz CT molecular complexity index is 602. The molecular weight excluding hydrogens is 265 g/mol. The minimum absolute atomic E-state index is 0.213. The lowest BCUT2D eigenvalue weighted by Crippen LogP contribution is -2.41. The zero-order valence-electron chi connectivity index (χ0n) is 13.1. The predicted molar refractivity (Wildman–Crippen MR) is 83.7 cm³/mol. The fourth-order valence-electron chi connectivity index (χ4n) is 2.69. The molecule has 2 N–H and O–H groups in total. The number of hydrogen-bond acceptors (Lipinski definition) is 2. The molecule has 0 bridgehead atoms. The van der Waals surface area contributed by atoms with Gasteiger partial charge in [-0.1, -0.05) is 19.1 Å². The molecule has 1 unspecified atom stereocenters. The first-order valence-electron chi connectivity index (χ1n) is 7.52. The molecule has 0 spiro atoms. The van der Waals surface area contributed by atoms with Crippen molar-refractivity contribution in [2.24, 2.45) is 5.73 Å². The van der Waals surface area contributed by atoms with Crippen LogP contribution in [0.1, 0.15) is 37.7 Å². The maximum absolute atomic E-state index is 13.3. The van der Waals surface area contributed by atoms with Gasteiger partial charge in [0.2, 0.25) is 0 Å². The molecule has 1 atom stereocenters. The normalized spacial score (nSPS) is 14.1. The molecule has 21 heavy (non-hydrogen) atoms. The molecule has 4 heteroatoms. The second-order valence-electron chi connectivity index (χ2n) is 5.93. The van der Waals surface area contributed by atoms with E-state index in [4.69, 9.17) is 5.73 Å². The third-order valence-corrected chi connectivity index (χ3v) is 3.66. The monoisotopic (exact) mass is 289 g/mol. The summed E-state index contributed by atoms with van der Waals surface area (Å²) in [5.74, 6) is -0.213. The zero-order chi connectivity index (χ0) is 15.5. The van der Waals surface area contributed by atoms with E-state index in [9.17, 15) is 4.39 Å². The molecule has 0 aliphatic carbocycles. The van der Waals surface area contributed by atoms with Crippen molar-refractivity contribution in [1.82, 2.24) is 9.78 Å². The largest absolute Gasteiger partial charge is 0.325 e. The summed E-state index contributed by atoms with van der Waals surface area (Å²) in [4.78, 5) is 0. The smallest absolute Gasteiger partial charge is 0.123 e. The molecule has 0 radical (unpaired) electrons. The van der Waals surface area contributed by atoms with E-state index in [1.54, 1.807) is 12.1 Å². The highest BCUT2D eigenvalue weighted by molar-refractivity contribution is 5.21. The molecule has 0 saturated heterocycles. The van der Waals surface area contributed by atoms with Crippen LogP contribution in [0.15, 0.2) is 30.3 Å². The Morgan fingerprint density at radius 1 is 1.24 bits per heavy atom. The van der Waals surface area contributed by atoms with Gasteiger partial charge < -0.3 is 5.73 Å². The van der Waals surface area contributed by atoms with Crippen LogP contribution in [-0.4, -0.2) is 15.3 Å². The Kier molecular flexibility index (Phi) is 4.78. The van der Waals surface area contributed by atoms with Crippen molar-refractivity contribution < 1.29 is 4.39 Å². The first kappa shape index (κ1) is 15.7. The minimum atomic E-state index is -0.425. The number of aromatic nitrogens is 2. The zero-order valence-corrected chi connectivity index (χ0v) is 13.1. The summed E-state index contributed by atoms with van der Waals surface area (Å²) in [6, 6.07) is 8.78. The van der Waals surface area contributed by atoms with Gasteiger partial charge in [0.15, 0.2) is 0 Å². The second kappa shape index (κ2) is 6.39. The molecule has 0 saturated carbocycles. The number of nitrogens with zero attached hydrogens (tertiary/aromatic N) is 2. The molecule has 0 aliphatic heterocycles. The predicted octanol–water partition coefficient (Wildman–Crippen LogP) is 3.11. The number of benzene rings is 1. The Balaban J connectivity index is 2.15. The van der Waals surface area contributed by atoms with E-state index in [1.165, 1.54) is 6.07 Å². The number of rotatable bonds is 6. The Labute approximate surface area is 126 Å². The van der Waals surface area contributed by atoms with Crippen molar-refractivity contribution in [3.63, 3.8) is 0 Å². The quantitative estimate of drug-likeness (QED) is 0.888. The first-order chi connectivity index (χ1) is 9.93. The Morgan fingerprint density at radius 2 is 2.00 bits per heavy atom. The van der Waals surface area contributed by atoms with E-state index in [-0.39, 0.29) is 5.82 Å². The second-order valence-corrected chi connectivity index (χ2v) is 5.93. The average molecular weight is 289 g/mol. The Morgan fingerprint density at radius 3 is 2.62 bits per heavy atom. The Hall–Kier alpha value is -1.68. The molecule has 1 heterocycles. The SMILES string of the molecule is CCc1cc(CC(C)(N)Cc2cccc(F)c2)n(CC)n1. The molecule has 0 amide bonds. The standard InChI is InChI=1S/C17H24FN3/c1-4-15-10-16(21(5-2)20-15)12-17(3,19)11-13-7-6-8-14(18)9-13/h6-10H,4-5,11-12,19H2,1-3H3. The molecule has 1 aromatic heterocycles. The van der Waals surface area contributed by atoms with Gasteiger partial charge in [0.25, 0.3) is 0 Å². The van der Waals surface area contributed by atoms with E-state index < -0.39 is 5.54 Å². The molecular formula is C17H24FN3. The summed E-state index contributed by atoms with van der Waals surface area (Å²) in [5, 5.41) is 4.55. The molecule has 0 fully saturated rings. The van der Waals surface area contributed by atoms with E-state index in [0.717, 1.165) is 36.3 Å². The van der Waals surface area contributed by atoms with Crippen molar-refractivity contribution >= 4 is 0 Å². The van der Waals surface area contributed by atoms with E-state index in [1.807, 2.05) is 17.7 Å². The van der Waals surface area contributed by atoms with E-state index >= 15 is 0 Å². The average Bonchev–Trinajstić information content (AvgIpc) is 2.79. The summed E-state index contributed by atoms with van der Waals surface area (Å²) in [5.41, 5.74) is 9.19. The van der Waals surface area contributed by atoms with Crippen LogP contribution in [0.25, 0.3) is 0 Å². The molecule has 2 rings (SSSR count). The van der Waals surface area contributed by atoms with Gasteiger partial charge in [-0.2, -0.15) is 5.10 Å². The van der Waals surface area contributed by atoms with Crippen LogP contribution in [-0.2, 0) is 25.8 Å². The van der Waals surface area contributed by atoms with Crippen LogP contribution in [0.2, 0.25) is 0 Å². The highest BCUT2D eigenvalue weighted by Crippen LogP contribution is 2.18. The van der Waals surface area contributed by atoms with Gasteiger partial charge in [-0.05, 0) is 50.5 Å². The van der Waals surface area contributed by atoms with Gasteiger partial charge >= 0.3 is 0 Å². The maximum atomic E-state index is 13.3. The van der Waals surface area contributed by atoms with Gasteiger partial charge in [-0.25, -0.2) is 4.39 Å². The minimum Gasteiger partial charge on any atom is -0.325 e. The summed E-state index contributed by atoms with van der Waals surface area (Å²) in [6.07, 6.45) is 2.29. The number of aryl methyl sites for hydroxylation is 2. The molecule has 3 nitrogen and oxygen atoms in total. The summed E-state index contributed by atoms with van der Waals surface area (Å²) >= 11 is 0. The van der Waals surface area contributed by atoms with Crippen molar-refractivity contribution in [3.8, 4) is 0 Å². The summed E-state index contributed by atoms with van der Waals surface area (Å²) in [7, 11) is 0. The molecule has 114 valence electrons. The van der Waals surface area contributed by atoms with Crippen molar-refractivity contribution in [2.45, 2.75) is 52.1 Å². The van der Waals surface area contributed by atoms with Gasteiger partial charge in [-0.3, -0.25) is 4.68 Å². The molecule has 0 aliphatic rings. The summed E-state index contributed by atoms with van der Waals surface area (Å²) in [6.45, 7) is 7.03. The number of nitrogens with two attached hydrogens (primary N) is 1. The fraction of sp³-hybridized carbons (Fsp3) is 0.471. The van der Waals surface area contributed by atoms with Gasteiger partial charge in [0.1, 0.15) is 5.82 Å². The highest BCUT2D eigenvalue weighted by Gasteiger charge is 2.22. The third-order valence-electron chi connectivity index (χ3n) is 3.66. The lowest BCUT2D eigenvalue weighted by atomic mass is 9.89. The van der Waals surface area contributed by atoms with Crippen LogP contribution >= 0.6 is 0 Å². The van der Waals surface area contributed by atoms with E-state index in [0.29, 0.717) is 6.42 Å². The van der Waals surface area contributed by atoms with Crippen LogP contribution in [0.5, 0.6) is 0 Å². The topological polar surface area (TPSA) is 43.8 Å². The lowest BCUT2D eigenvalue weighted by Gasteiger charge is -2.25. The van der Waals surface area contributed by atoms with Crippen molar-refractivity contribution in [3.05, 3.63) is 53.1 Å².